The first-order valence-electron chi connectivity index (χ1n) is 6.10. The lowest BCUT2D eigenvalue weighted by Crippen LogP contribution is -2.20. The monoisotopic (exact) mass is 298 g/mol. The zero-order valence-corrected chi connectivity index (χ0v) is 11.8. The molecule has 0 radical (unpaired) electrons. The molecule has 1 atom stereocenters. The maximum absolute atomic E-state index is 5.14. The fourth-order valence-electron chi connectivity index (χ4n) is 2.33. The standard InChI is InChI=1S/C13H19BrN2O/c1-17-13-4-2-3-12(15-13)10-16-8-6-11(9-16)5-7-14/h2-4,11H,5-10H2,1H3. The number of pyridine rings is 1. The molecule has 0 amide bonds. The van der Waals surface area contributed by atoms with Crippen molar-refractivity contribution in [1.82, 2.24) is 9.88 Å². The molecule has 2 heterocycles. The number of rotatable bonds is 5. The average molecular weight is 299 g/mol. The van der Waals surface area contributed by atoms with Crippen LogP contribution in [0.4, 0.5) is 0 Å². The highest BCUT2D eigenvalue weighted by molar-refractivity contribution is 9.09. The van der Waals surface area contributed by atoms with Gasteiger partial charge in [0.1, 0.15) is 0 Å². The van der Waals surface area contributed by atoms with Crippen molar-refractivity contribution < 1.29 is 4.74 Å². The molecule has 1 aliphatic rings. The van der Waals surface area contributed by atoms with Crippen molar-refractivity contribution in [1.29, 1.82) is 0 Å². The van der Waals surface area contributed by atoms with Crippen LogP contribution in [0.5, 0.6) is 5.88 Å². The maximum atomic E-state index is 5.14. The summed E-state index contributed by atoms with van der Waals surface area (Å²) in [6.07, 6.45) is 2.59. The van der Waals surface area contributed by atoms with Gasteiger partial charge in [-0.3, -0.25) is 4.90 Å². The van der Waals surface area contributed by atoms with E-state index in [0.717, 1.165) is 23.5 Å². The molecule has 94 valence electrons. The van der Waals surface area contributed by atoms with E-state index in [0.29, 0.717) is 5.88 Å². The maximum Gasteiger partial charge on any atom is 0.213 e. The first kappa shape index (κ1) is 12.8. The third-order valence-corrected chi connectivity index (χ3v) is 3.72. The zero-order chi connectivity index (χ0) is 12.1. The van der Waals surface area contributed by atoms with Crippen molar-refractivity contribution in [3.8, 4) is 5.88 Å². The Labute approximate surface area is 111 Å². The van der Waals surface area contributed by atoms with Gasteiger partial charge >= 0.3 is 0 Å². The van der Waals surface area contributed by atoms with E-state index in [1.165, 1.54) is 25.9 Å². The van der Waals surface area contributed by atoms with E-state index >= 15 is 0 Å². The molecule has 0 bridgehead atoms. The van der Waals surface area contributed by atoms with E-state index < -0.39 is 0 Å². The largest absolute Gasteiger partial charge is 0.481 e. The van der Waals surface area contributed by atoms with Gasteiger partial charge in [0.2, 0.25) is 5.88 Å². The Balaban J connectivity index is 1.88. The molecule has 1 fully saturated rings. The van der Waals surface area contributed by atoms with E-state index in [1.54, 1.807) is 7.11 Å². The van der Waals surface area contributed by atoms with Gasteiger partial charge in [-0.2, -0.15) is 0 Å². The summed E-state index contributed by atoms with van der Waals surface area (Å²) in [6, 6.07) is 5.97. The summed E-state index contributed by atoms with van der Waals surface area (Å²) < 4.78 is 5.14. The summed E-state index contributed by atoms with van der Waals surface area (Å²) >= 11 is 3.52. The van der Waals surface area contributed by atoms with Crippen molar-refractivity contribution in [2.75, 3.05) is 25.5 Å². The summed E-state index contributed by atoms with van der Waals surface area (Å²) in [4.78, 5) is 6.93. The summed E-state index contributed by atoms with van der Waals surface area (Å²) in [5, 5.41) is 1.11. The molecule has 0 aliphatic carbocycles. The number of methoxy groups -OCH3 is 1. The van der Waals surface area contributed by atoms with Crippen LogP contribution in [0.1, 0.15) is 18.5 Å². The SMILES string of the molecule is COc1cccc(CN2CCC(CCBr)C2)n1. The summed E-state index contributed by atoms with van der Waals surface area (Å²) in [5.74, 6) is 1.55. The number of alkyl halides is 1. The third-order valence-electron chi connectivity index (χ3n) is 3.26. The van der Waals surface area contributed by atoms with Crippen LogP contribution < -0.4 is 4.74 Å². The molecule has 2 rings (SSSR count). The van der Waals surface area contributed by atoms with Crippen LogP contribution in [-0.2, 0) is 6.54 Å². The highest BCUT2D eigenvalue weighted by Crippen LogP contribution is 2.22. The third kappa shape index (κ3) is 3.68. The molecule has 3 nitrogen and oxygen atoms in total. The molecule has 0 aromatic carbocycles. The predicted molar refractivity (Wildman–Crippen MR) is 72.6 cm³/mol. The first-order chi connectivity index (χ1) is 8.31. The van der Waals surface area contributed by atoms with Gasteiger partial charge in [0.05, 0.1) is 12.8 Å². The molecule has 1 aliphatic heterocycles. The van der Waals surface area contributed by atoms with Crippen molar-refractivity contribution >= 4 is 15.9 Å². The van der Waals surface area contributed by atoms with Gasteiger partial charge in [0.15, 0.2) is 0 Å². The van der Waals surface area contributed by atoms with Crippen LogP contribution in [0, 0.1) is 5.92 Å². The first-order valence-corrected chi connectivity index (χ1v) is 7.22. The van der Waals surface area contributed by atoms with Gasteiger partial charge in [-0.15, -0.1) is 0 Å². The van der Waals surface area contributed by atoms with Gasteiger partial charge in [-0.05, 0) is 31.4 Å². The average Bonchev–Trinajstić information content (AvgIpc) is 2.77. The summed E-state index contributed by atoms with van der Waals surface area (Å²) in [6.45, 7) is 3.33. The van der Waals surface area contributed by atoms with Gasteiger partial charge in [-0.25, -0.2) is 4.98 Å². The lowest BCUT2D eigenvalue weighted by molar-refractivity contribution is 0.309. The molecule has 1 aromatic heterocycles. The minimum Gasteiger partial charge on any atom is -0.481 e. The van der Waals surface area contributed by atoms with Crippen LogP contribution >= 0.6 is 15.9 Å². The van der Waals surface area contributed by atoms with E-state index in [2.05, 4.69) is 31.9 Å². The highest BCUT2D eigenvalue weighted by atomic mass is 79.9. The molecule has 4 heteroatoms. The molecular weight excluding hydrogens is 280 g/mol. The number of aromatic nitrogens is 1. The molecule has 1 saturated heterocycles. The fourth-order valence-corrected chi connectivity index (χ4v) is 2.98. The lowest BCUT2D eigenvalue weighted by atomic mass is 10.1. The second kappa shape index (κ2) is 6.36. The van der Waals surface area contributed by atoms with Crippen LogP contribution in [-0.4, -0.2) is 35.4 Å². The lowest BCUT2D eigenvalue weighted by Gasteiger charge is -2.15. The number of halogens is 1. The Kier molecular flexibility index (Phi) is 4.80. The minimum absolute atomic E-state index is 0.707. The molecule has 17 heavy (non-hydrogen) atoms. The number of likely N-dealkylation sites (tertiary alicyclic amines) is 1. The summed E-state index contributed by atoms with van der Waals surface area (Å²) in [5.41, 5.74) is 1.10. The fraction of sp³-hybridized carbons (Fsp3) is 0.615. The van der Waals surface area contributed by atoms with Crippen LogP contribution in [0.25, 0.3) is 0 Å². The smallest absolute Gasteiger partial charge is 0.213 e. The molecule has 0 N–H and O–H groups in total. The molecule has 0 saturated carbocycles. The van der Waals surface area contributed by atoms with E-state index in [1.807, 2.05) is 12.1 Å². The van der Waals surface area contributed by atoms with E-state index in [9.17, 15) is 0 Å². The Morgan fingerprint density at radius 3 is 3.18 bits per heavy atom. The van der Waals surface area contributed by atoms with Crippen LogP contribution in [0.3, 0.4) is 0 Å². The Morgan fingerprint density at radius 2 is 2.41 bits per heavy atom. The van der Waals surface area contributed by atoms with Crippen LogP contribution in [0.15, 0.2) is 18.2 Å². The van der Waals surface area contributed by atoms with Crippen LogP contribution in [0.2, 0.25) is 0 Å². The number of nitrogens with zero attached hydrogens (tertiary/aromatic N) is 2. The Morgan fingerprint density at radius 1 is 1.53 bits per heavy atom. The van der Waals surface area contributed by atoms with Crippen molar-refractivity contribution in [2.45, 2.75) is 19.4 Å². The highest BCUT2D eigenvalue weighted by Gasteiger charge is 2.21. The predicted octanol–water partition coefficient (Wildman–Crippen LogP) is 2.70. The van der Waals surface area contributed by atoms with Gasteiger partial charge in [-0.1, -0.05) is 22.0 Å². The minimum atomic E-state index is 0.707. The quantitative estimate of drug-likeness (QED) is 0.782. The van der Waals surface area contributed by atoms with Crippen molar-refractivity contribution in [3.05, 3.63) is 23.9 Å². The Hall–Kier alpha value is -0.610. The second-order valence-corrected chi connectivity index (χ2v) is 5.33. The summed E-state index contributed by atoms with van der Waals surface area (Å²) in [7, 11) is 1.66. The topological polar surface area (TPSA) is 25.4 Å². The van der Waals surface area contributed by atoms with Crippen molar-refractivity contribution in [3.63, 3.8) is 0 Å². The molecule has 0 spiro atoms. The number of hydrogen-bond donors (Lipinski definition) is 0. The van der Waals surface area contributed by atoms with Gasteiger partial charge < -0.3 is 4.74 Å². The van der Waals surface area contributed by atoms with Gasteiger partial charge in [0.25, 0.3) is 0 Å². The normalized spacial score (nSPS) is 20.7. The molecular formula is C13H19BrN2O. The molecule has 1 unspecified atom stereocenters. The van der Waals surface area contributed by atoms with E-state index in [-0.39, 0.29) is 0 Å². The molecule has 1 aromatic rings. The van der Waals surface area contributed by atoms with Crippen molar-refractivity contribution in [2.24, 2.45) is 5.92 Å². The number of ether oxygens (including phenoxy) is 1. The second-order valence-electron chi connectivity index (χ2n) is 4.54. The van der Waals surface area contributed by atoms with Gasteiger partial charge in [0, 0.05) is 24.5 Å². The zero-order valence-electron chi connectivity index (χ0n) is 10.2. The van der Waals surface area contributed by atoms with E-state index in [4.69, 9.17) is 4.74 Å². The number of hydrogen-bond acceptors (Lipinski definition) is 3. The Bertz CT molecular complexity index is 359.